The van der Waals surface area contributed by atoms with Crippen LogP contribution in [0.3, 0.4) is 0 Å². The van der Waals surface area contributed by atoms with Gasteiger partial charge in [-0.15, -0.1) is 0 Å². The van der Waals surface area contributed by atoms with Crippen LogP contribution in [0.2, 0.25) is 0 Å². The van der Waals surface area contributed by atoms with Gasteiger partial charge in [-0.25, -0.2) is 0 Å². The lowest BCUT2D eigenvalue weighted by Gasteiger charge is -2.28. The molecule has 0 aromatic rings. The monoisotopic (exact) mass is 128 g/mol. The molecule has 0 unspecified atom stereocenters. The first-order chi connectivity index (χ1) is 4.02. The van der Waals surface area contributed by atoms with Crippen LogP contribution in [0.4, 0.5) is 0 Å². The van der Waals surface area contributed by atoms with Crippen molar-refractivity contribution in [3.8, 4) is 0 Å². The van der Waals surface area contributed by atoms with E-state index in [1.54, 1.807) is 0 Å². The minimum atomic E-state index is 0.517. The molecule has 0 heteroatoms. The Balaban J connectivity index is 3.79. The fraction of sp³-hybridized carbons (Fsp3) is 1.00. The lowest BCUT2D eigenvalue weighted by Crippen LogP contribution is -2.18. The van der Waals surface area contributed by atoms with Crippen molar-refractivity contribution in [2.24, 2.45) is 11.3 Å². The Morgan fingerprint density at radius 1 is 1.00 bits per heavy atom. The van der Waals surface area contributed by atoms with E-state index < -0.39 is 0 Å². The summed E-state index contributed by atoms with van der Waals surface area (Å²) in [6.07, 6.45) is 2.64. The van der Waals surface area contributed by atoms with E-state index in [4.69, 9.17) is 0 Å². The summed E-state index contributed by atoms with van der Waals surface area (Å²) in [4.78, 5) is 0. The molecule has 0 aliphatic carbocycles. The largest absolute Gasteiger partial charge is 0.0651 e. The molecule has 0 fully saturated rings. The predicted octanol–water partition coefficient (Wildman–Crippen LogP) is 3.47. The van der Waals surface area contributed by atoms with Crippen molar-refractivity contribution < 1.29 is 0 Å². The molecule has 0 radical (unpaired) electrons. The Kier molecular flexibility index (Phi) is 3.24. The highest BCUT2D eigenvalue weighted by molar-refractivity contribution is 4.70. The van der Waals surface area contributed by atoms with Crippen LogP contribution in [0.1, 0.15) is 47.5 Å². The standard InChI is InChI=1S/C9H20/c1-6-8(7-2)9(3,4)5/h8H,6-7H2,1-5H3. The summed E-state index contributed by atoms with van der Waals surface area (Å²) in [5, 5.41) is 0. The van der Waals surface area contributed by atoms with Gasteiger partial charge in [-0.1, -0.05) is 47.5 Å². The molecule has 0 N–H and O–H groups in total. The zero-order chi connectivity index (χ0) is 7.49. The predicted molar refractivity (Wildman–Crippen MR) is 43.5 cm³/mol. The van der Waals surface area contributed by atoms with Crippen LogP contribution < -0.4 is 0 Å². The van der Waals surface area contributed by atoms with Gasteiger partial charge in [0.2, 0.25) is 0 Å². The van der Waals surface area contributed by atoms with E-state index >= 15 is 0 Å². The highest BCUT2D eigenvalue weighted by Gasteiger charge is 2.20. The molecule has 0 saturated heterocycles. The quantitative estimate of drug-likeness (QED) is 0.534. The fourth-order valence-electron chi connectivity index (χ4n) is 1.51. The molecule has 0 heterocycles. The Morgan fingerprint density at radius 2 is 1.33 bits per heavy atom. The van der Waals surface area contributed by atoms with Crippen LogP contribution in [0, 0.1) is 11.3 Å². The van der Waals surface area contributed by atoms with Crippen LogP contribution in [0.15, 0.2) is 0 Å². The second-order valence-electron chi connectivity index (χ2n) is 3.88. The fourth-order valence-corrected chi connectivity index (χ4v) is 1.51. The van der Waals surface area contributed by atoms with Gasteiger partial charge in [0.1, 0.15) is 0 Å². The molecule has 0 aromatic heterocycles. The molecule has 0 spiro atoms. The highest BCUT2D eigenvalue weighted by atomic mass is 14.3. The van der Waals surface area contributed by atoms with Gasteiger partial charge in [0.15, 0.2) is 0 Å². The maximum absolute atomic E-state index is 2.32. The maximum Gasteiger partial charge on any atom is -0.0354 e. The molecule has 9 heavy (non-hydrogen) atoms. The van der Waals surface area contributed by atoms with Gasteiger partial charge in [0.25, 0.3) is 0 Å². The van der Waals surface area contributed by atoms with Crippen molar-refractivity contribution in [1.29, 1.82) is 0 Å². The topological polar surface area (TPSA) is 0 Å². The van der Waals surface area contributed by atoms with Gasteiger partial charge in [-0.2, -0.15) is 0 Å². The molecule has 0 aliphatic rings. The summed E-state index contributed by atoms with van der Waals surface area (Å²) in [7, 11) is 0. The normalized spacial score (nSPS) is 12.7. The van der Waals surface area contributed by atoms with Gasteiger partial charge in [-0.3, -0.25) is 0 Å². The number of rotatable bonds is 2. The second-order valence-corrected chi connectivity index (χ2v) is 3.88. The van der Waals surface area contributed by atoms with Crippen LogP contribution in [0.5, 0.6) is 0 Å². The van der Waals surface area contributed by atoms with E-state index in [0.717, 1.165) is 5.92 Å². The summed E-state index contributed by atoms with van der Waals surface area (Å²) >= 11 is 0. The van der Waals surface area contributed by atoms with Crippen LogP contribution in [0.25, 0.3) is 0 Å². The molecule has 56 valence electrons. The second kappa shape index (κ2) is 3.24. The van der Waals surface area contributed by atoms with Gasteiger partial charge < -0.3 is 0 Å². The summed E-state index contributed by atoms with van der Waals surface area (Å²) in [5.74, 6) is 0.900. The third-order valence-electron chi connectivity index (χ3n) is 2.21. The molecule has 0 aromatic carbocycles. The molecule has 0 rings (SSSR count). The van der Waals surface area contributed by atoms with Gasteiger partial charge in [0, 0.05) is 0 Å². The van der Waals surface area contributed by atoms with Crippen molar-refractivity contribution >= 4 is 0 Å². The average Bonchev–Trinajstić information content (AvgIpc) is 1.65. The van der Waals surface area contributed by atoms with Crippen LogP contribution in [-0.4, -0.2) is 0 Å². The molecule has 0 saturated carbocycles. The highest BCUT2D eigenvalue weighted by Crippen LogP contribution is 2.30. The minimum Gasteiger partial charge on any atom is -0.0651 e. The molecule has 0 atom stereocenters. The third kappa shape index (κ3) is 2.88. The lowest BCUT2D eigenvalue weighted by atomic mass is 9.78. The molecule has 0 nitrogen and oxygen atoms in total. The summed E-state index contributed by atoms with van der Waals surface area (Å²) in [6, 6.07) is 0. The van der Waals surface area contributed by atoms with Crippen molar-refractivity contribution in [1.82, 2.24) is 0 Å². The Labute approximate surface area is 59.7 Å². The summed E-state index contributed by atoms with van der Waals surface area (Å²) in [6.45, 7) is 11.5. The van der Waals surface area contributed by atoms with Crippen molar-refractivity contribution in [2.75, 3.05) is 0 Å². The zero-order valence-corrected chi connectivity index (χ0v) is 7.49. The van der Waals surface area contributed by atoms with Crippen molar-refractivity contribution in [3.63, 3.8) is 0 Å². The molecular weight excluding hydrogens is 108 g/mol. The van der Waals surface area contributed by atoms with Crippen LogP contribution >= 0.6 is 0 Å². The van der Waals surface area contributed by atoms with Crippen LogP contribution in [-0.2, 0) is 0 Å². The van der Waals surface area contributed by atoms with E-state index in [9.17, 15) is 0 Å². The van der Waals surface area contributed by atoms with Gasteiger partial charge in [-0.05, 0) is 11.3 Å². The molecule has 0 bridgehead atoms. The molecule has 0 amide bonds. The number of hydrogen-bond donors (Lipinski definition) is 0. The average molecular weight is 128 g/mol. The molecule has 0 aliphatic heterocycles. The third-order valence-corrected chi connectivity index (χ3v) is 2.21. The SMILES string of the molecule is CCC(CC)C(C)(C)C. The first kappa shape index (κ1) is 9.00. The molecular formula is C9H20. The smallest absolute Gasteiger partial charge is 0.0354 e. The summed E-state index contributed by atoms with van der Waals surface area (Å²) < 4.78 is 0. The maximum atomic E-state index is 2.32. The van der Waals surface area contributed by atoms with E-state index in [1.807, 2.05) is 0 Å². The van der Waals surface area contributed by atoms with E-state index in [0.29, 0.717) is 5.41 Å². The van der Waals surface area contributed by atoms with E-state index in [-0.39, 0.29) is 0 Å². The van der Waals surface area contributed by atoms with E-state index in [1.165, 1.54) is 12.8 Å². The Morgan fingerprint density at radius 3 is 1.33 bits per heavy atom. The first-order valence-electron chi connectivity index (χ1n) is 4.02. The van der Waals surface area contributed by atoms with Crippen molar-refractivity contribution in [3.05, 3.63) is 0 Å². The minimum absolute atomic E-state index is 0.517. The Hall–Kier alpha value is 0. The lowest BCUT2D eigenvalue weighted by molar-refractivity contribution is 0.226. The zero-order valence-electron chi connectivity index (χ0n) is 7.49. The first-order valence-corrected chi connectivity index (χ1v) is 4.02. The van der Waals surface area contributed by atoms with Gasteiger partial charge in [0.05, 0.1) is 0 Å². The summed E-state index contributed by atoms with van der Waals surface area (Å²) in [5.41, 5.74) is 0.517. The van der Waals surface area contributed by atoms with Gasteiger partial charge >= 0.3 is 0 Å². The number of hydrogen-bond acceptors (Lipinski definition) is 0. The van der Waals surface area contributed by atoms with Crippen molar-refractivity contribution in [2.45, 2.75) is 47.5 Å². The van der Waals surface area contributed by atoms with E-state index in [2.05, 4.69) is 34.6 Å². The Bertz CT molecular complexity index is 62.6.